The fraction of sp³-hybridized carbons (Fsp3) is 0.0303. The Bertz CT molecular complexity index is 4090. The van der Waals surface area contributed by atoms with Gasteiger partial charge in [0.1, 0.15) is 0 Å². The molecule has 0 heteroatoms. The van der Waals surface area contributed by atoms with Crippen LogP contribution in [0.1, 0.15) is 24.0 Å². The molecule has 0 unspecified atom stereocenters. The molecule has 0 N–H and O–H groups in total. The van der Waals surface area contributed by atoms with Gasteiger partial charge >= 0.3 is 0 Å². The molecule has 0 saturated heterocycles. The smallest absolute Gasteiger partial charge is 0.00201 e. The molecule has 1 aliphatic carbocycles. The molecule has 66 heavy (non-hydrogen) atoms. The molecule has 0 atom stereocenters. The van der Waals surface area contributed by atoms with Gasteiger partial charge in [0.25, 0.3) is 0 Å². The van der Waals surface area contributed by atoms with Crippen LogP contribution < -0.4 is 0 Å². The zero-order valence-electron chi connectivity index (χ0n) is 36.6. The highest BCUT2D eigenvalue weighted by atomic mass is 14.2. The molecule has 12 aromatic carbocycles. The van der Waals surface area contributed by atoms with Crippen LogP contribution in [0.25, 0.3) is 130 Å². The lowest BCUT2D eigenvalue weighted by atomic mass is 9.86. The van der Waals surface area contributed by atoms with Crippen molar-refractivity contribution in [2.24, 2.45) is 0 Å². The van der Waals surface area contributed by atoms with Crippen LogP contribution in [0.3, 0.4) is 0 Å². The molecule has 1 aliphatic rings. The lowest BCUT2D eigenvalue weighted by Crippen LogP contribution is -1.92. The van der Waals surface area contributed by atoms with Gasteiger partial charge in [-0.25, -0.2) is 0 Å². The van der Waals surface area contributed by atoms with Crippen molar-refractivity contribution in [3.05, 3.63) is 243 Å². The molecule has 13 rings (SSSR count). The minimum Gasteiger partial charge on any atom is -0.0991 e. The third kappa shape index (κ3) is 5.78. The number of benzene rings is 11. The van der Waals surface area contributed by atoms with Crippen LogP contribution in [0.15, 0.2) is 232 Å². The van der Waals surface area contributed by atoms with Crippen LogP contribution in [0, 0.1) is 0 Å². The Kier molecular flexibility index (Phi) is 8.76. The van der Waals surface area contributed by atoms with Gasteiger partial charge in [0.15, 0.2) is 0 Å². The number of hydrogen-bond donors (Lipinski definition) is 0. The summed E-state index contributed by atoms with van der Waals surface area (Å²) in [4.78, 5) is 0. The molecule has 0 aromatic heterocycles. The summed E-state index contributed by atoms with van der Waals surface area (Å²) in [5.41, 5.74) is 9.32. The predicted molar refractivity (Wildman–Crippen MR) is 290 cm³/mol. The number of hydrogen-bond acceptors (Lipinski definition) is 0. The van der Waals surface area contributed by atoms with Gasteiger partial charge in [-0.1, -0.05) is 226 Å². The normalized spacial score (nSPS) is 13.1. The first kappa shape index (κ1) is 38.2. The minimum absolute atomic E-state index is 0.928. The first-order valence-electron chi connectivity index (χ1n) is 23.1. The van der Waals surface area contributed by atoms with Crippen molar-refractivity contribution in [2.45, 2.75) is 12.8 Å². The van der Waals surface area contributed by atoms with E-state index in [9.17, 15) is 0 Å². The first-order valence-corrected chi connectivity index (χ1v) is 23.1. The van der Waals surface area contributed by atoms with Gasteiger partial charge in [0.2, 0.25) is 0 Å². The molecule has 0 aliphatic heterocycles. The van der Waals surface area contributed by atoms with Gasteiger partial charge in [0.05, 0.1) is 0 Å². The minimum atomic E-state index is 0.928. The number of allylic oxidation sites excluding steroid dienone is 8. The van der Waals surface area contributed by atoms with E-state index < -0.39 is 0 Å². The van der Waals surface area contributed by atoms with E-state index in [0.29, 0.717) is 0 Å². The molecule has 0 nitrogen and oxygen atoms in total. The van der Waals surface area contributed by atoms with E-state index in [-0.39, 0.29) is 0 Å². The molecule has 0 fully saturated rings. The van der Waals surface area contributed by atoms with Crippen LogP contribution in [0.4, 0.5) is 0 Å². The van der Waals surface area contributed by atoms with Crippen molar-refractivity contribution < 1.29 is 0 Å². The lowest BCUT2D eigenvalue weighted by molar-refractivity contribution is 1.06. The Morgan fingerprint density at radius 2 is 0.879 bits per heavy atom. The van der Waals surface area contributed by atoms with Gasteiger partial charge < -0.3 is 0 Å². The predicted octanol–water partition coefficient (Wildman–Crippen LogP) is 18.9. The molecule has 0 saturated carbocycles. The Hall–Kier alpha value is -8.32. The summed E-state index contributed by atoms with van der Waals surface area (Å²) in [6.45, 7) is 8.72. The van der Waals surface area contributed by atoms with E-state index in [1.807, 2.05) is 12.2 Å². The zero-order valence-corrected chi connectivity index (χ0v) is 36.6. The van der Waals surface area contributed by atoms with Crippen LogP contribution >= 0.6 is 0 Å². The van der Waals surface area contributed by atoms with Crippen molar-refractivity contribution in [3.8, 4) is 22.3 Å². The van der Waals surface area contributed by atoms with Crippen LogP contribution in [-0.2, 0) is 0 Å². The second-order valence-electron chi connectivity index (χ2n) is 17.9. The topological polar surface area (TPSA) is 0 Å². The molecule has 308 valence electrons. The maximum atomic E-state index is 4.70. The number of fused-ring (bicyclic) bond motifs is 5. The summed E-state index contributed by atoms with van der Waals surface area (Å²) in [5, 5.41) is 23.1. The Balaban J connectivity index is 1.08. The fourth-order valence-corrected chi connectivity index (χ4v) is 11.5. The van der Waals surface area contributed by atoms with Crippen LogP contribution in [0.2, 0.25) is 0 Å². The monoisotopic (exact) mass is 836 g/mol. The van der Waals surface area contributed by atoms with Crippen molar-refractivity contribution in [3.63, 3.8) is 0 Å². The van der Waals surface area contributed by atoms with Crippen molar-refractivity contribution in [1.29, 1.82) is 0 Å². The second kappa shape index (κ2) is 15.2. The molecule has 0 heterocycles. The van der Waals surface area contributed by atoms with Gasteiger partial charge in [0, 0.05) is 0 Å². The van der Waals surface area contributed by atoms with Gasteiger partial charge in [-0.15, -0.1) is 0 Å². The van der Waals surface area contributed by atoms with E-state index >= 15 is 0 Å². The largest absolute Gasteiger partial charge is 0.0991 e. The van der Waals surface area contributed by atoms with Crippen molar-refractivity contribution in [2.75, 3.05) is 0 Å². The van der Waals surface area contributed by atoms with Gasteiger partial charge in [-0.3, -0.25) is 0 Å². The summed E-state index contributed by atoms with van der Waals surface area (Å²) in [6, 6.07) is 68.5. The fourth-order valence-electron chi connectivity index (χ4n) is 11.5. The van der Waals surface area contributed by atoms with Crippen LogP contribution in [0.5, 0.6) is 0 Å². The maximum Gasteiger partial charge on any atom is -0.00201 e. The van der Waals surface area contributed by atoms with Gasteiger partial charge in [-0.05, 0) is 160 Å². The Morgan fingerprint density at radius 1 is 0.409 bits per heavy atom. The molecule has 0 radical (unpaired) electrons. The standard InChI is InChI=1S/C66H44/c1-3-4-15-41(2)47-23-8-18-43(49-36-38-60-56-26-11-21-44-19-9-24-54(63(44)56)58-30-13-28-52(49)65(58)60)32-34-48(42-16-6-5-7-17-42)51-35-33-46(40-62(47)51)50-37-39-61-57-27-12-22-45-20-10-25-55(64(45)57)59-31-14-29-53(50)66(59)61/h3-6,8-16,18-40H,1-2,7,17H2. The quantitative estimate of drug-likeness (QED) is 0.0889. The Morgan fingerprint density at radius 3 is 1.44 bits per heavy atom. The third-order valence-corrected chi connectivity index (χ3v) is 14.4. The molecule has 0 bridgehead atoms. The molecule has 0 spiro atoms. The lowest BCUT2D eigenvalue weighted by Gasteiger charge is -2.18. The number of rotatable bonds is 6. The summed E-state index contributed by atoms with van der Waals surface area (Å²) in [7, 11) is 0. The average molecular weight is 837 g/mol. The van der Waals surface area contributed by atoms with Crippen molar-refractivity contribution >= 4 is 108 Å². The summed E-state index contributed by atoms with van der Waals surface area (Å²) < 4.78 is 0. The van der Waals surface area contributed by atoms with Gasteiger partial charge in [-0.2, -0.15) is 0 Å². The second-order valence-corrected chi connectivity index (χ2v) is 17.9. The highest BCUT2D eigenvalue weighted by Crippen LogP contribution is 2.46. The molecule has 12 aromatic rings. The van der Waals surface area contributed by atoms with Crippen LogP contribution in [-0.4, -0.2) is 0 Å². The third-order valence-electron chi connectivity index (χ3n) is 14.4. The highest BCUT2D eigenvalue weighted by Gasteiger charge is 2.18. The maximum absolute atomic E-state index is 4.70. The average Bonchev–Trinajstić information content (AvgIpc) is 3.37. The summed E-state index contributed by atoms with van der Waals surface area (Å²) >= 11 is 0. The first-order chi connectivity index (χ1) is 32.6. The Labute approximate surface area is 384 Å². The summed E-state index contributed by atoms with van der Waals surface area (Å²) in [5.74, 6) is 0. The molecule has 0 amide bonds. The molecular weight excluding hydrogens is 793 g/mol. The zero-order chi connectivity index (χ0) is 43.9. The highest BCUT2D eigenvalue weighted by molar-refractivity contribution is 6.35. The van der Waals surface area contributed by atoms with E-state index in [4.69, 9.17) is 6.58 Å². The van der Waals surface area contributed by atoms with E-state index in [1.165, 1.54) is 119 Å². The molecular formula is C66H44. The summed E-state index contributed by atoms with van der Waals surface area (Å²) in [6.07, 6.45) is 14.7. The van der Waals surface area contributed by atoms with E-state index in [1.54, 1.807) is 0 Å². The van der Waals surface area contributed by atoms with Crippen molar-refractivity contribution in [1.82, 2.24) is 0 Å². The SMILES string of the molecule is C=CC=CC(=C)c1cccc(-c2ccc3c4cccc5cccc(c6cccc2c63)c54)ccc(C2=CC=CCC2)c2ccc(-c3ccc4c5cccc6cccc(c7cccc3c74)c65)cc12. The van der Waals surface area contributed by atoms with E-state index in [0.717, 1.165) is 34.9 Å². The van der Waals surface area contributed by atoms with E-state index in [2.05, 4.69) is 213 Å².